The van der Waals surface area contributed by atoms with Gasteiger partial charge in [-0.05, 0) is 18.8 Å². The van der Waals surface area contributed by atoms with E-state index in [0.717, 1.165) is 12.8 Å². The molecule has 2 aliphatic heterocycles. The lowest BCUT2D eigenvalue weighted by molar-refractivity contribution is 0.0665. The third kappa shape index (κ3) is 1.88. The van der Waals surface area contributed by atoms with Gasteiger partial charge in [-0.2, -0.15) is 0 Å². The summed E-state index contributed by atoms with van der Waals surface area (Å²) in [5.74, 6) is 0.937. The maximum absolute atomic E-state index is 12.0. The van der Waals surface area contributed by atoms with Crippen molar-refractivity contribution in [2.45, 2.75) is 51.7 Å². The molecule has 94 valence electrons. The predicted octanol–water partition coefficient (Wildman–Crippen LogP) is 2.55. The SMILES string of the molecule is [C-]#[N+]C1CC2[C@@H](C)[C@@H](C)C(C1)N2C(=O)OCC. The van der Waals surface area contributed by atoms with Gasteiger partial charge in [-0.15, -0.1) is 0 Å². The first-order valence-electron chi connectivity index (χ1n) is 6.41. The minimum atomic E-state index is -0.192. The molecule has 1 amide bonds. The van der Waals surface area contributed by atoms with Crippen LogP contribution in [0.4, 0.5) is 4.79 Å². The summed E-state index contributed by atoms with van der Waals surface area (Å²) in [4.78, 5) is 17.5. The molecular formula is C13H20N2O2. The number of nitrogens with zero attached hydrogens (tertiary/aromatic N) is 2. The van der Waals surface area contributed by atoms with Gasteiger partial charge in [0.2, 0.25) is 6.04 Å². The van der Waals surface area contributed by atoms with Crippen LogP contribution in [-0.2, 0) is 4.74 Å². The highest BCUT2D eigenvalue weighted by Gasteiger charge is 2.53. The van der Waals surface area contributed by atoms with Crippen molar-refractivity contribution in [1.82, 2.24) is 4.90 Å². The summed E-state index contributed by atoms with van der Waals surface area (Å²) < 4.78 is 5.14. The number of carbonyl (C=O) groups is 1. The molecule has 2 aliphatic rings. The van der Waals surface area contributed by atoms with E-state index in [4.69, 9.17) is 11.3 Å². The van der Waals surface area contributed by atoms with E-state index >= 15 is 0 Å². The van der Waals surface area contributed by atoms with Gasteiger partial charge in [0.1, 0.15) is 0 Å². The molecule has 4 nitrogen and oxygen atoms in total. The van der Waals surface area contributed by atoms with Crippen LogP contribution in [0.5, 0.6) is 0 Å². The Morgan fingerprint density at radius 1 is 1.35 bits per heavy atom. The normalized spacial score (nSPS) is 39.9. The van der Waals surface area contributed by atoms with Crippen molar-refractivity contribution >= 4 is 6.09 Å². The lowest BCUT2D eigenvalue weighted by Gasteiger charge is -2.35. The van der Waals surface area contributed by atoms with Crippen molar-refractivity contribution < 1.29 is 9.53 Å². The average molecular weight is 236 g/mol. The van der Waals surface area contributed by atoms with Crippen molar-refractivity contribution in [3.8, 4) is 0 Å². The Morgan fingerprint density at radius 3 is 2.29 bits per heavy atom. The number of fused-ring (bicyclic) bond motifs is 2. The molecule has 4 heteroatoms. The van der Waals surface area contributed by atoms with Gasteiger partial charge in [0, 0.05) is 24.9 Å². The lowest BCUT2D eigenvalue weighted by atomic mass is 9.92. The zero-order chi connectivity index (χ0) is 12.6. The maximum Gasteiger partial charge on any atom is 0.410 e. The van der Waals surface area contributed by atoms with Gasteiger partial charge in [-0.25, -0.2) is 11.4 Å². The van der Waals surface area contributed by atoms with E-state index in [1.54, 1.807) is 0 Å². The fraction of sp³-hybridized carbons (Fsp3) is 0.846. The summed E-state index contributed by atoms with van der Waals surface area (Å²) in [6, 6.07) is 0.479. The largest absolute Gasteiger partial charge is 0.450 e. The summed E-state index contributed by atoms with van der Waals surface area (Å²) in [5, 5.41) is 0. The quantitative estimate of drug-likeness (QED) is 0.656. The Labute approximate surface area is 103 Å². The van der Waals surface area contributed by atoms with Crippen LogP contribution in [0.3, 0.4) is 0 Å². The van der Waals surface area contributed by atoms with Crippen LogP contribution in [0.15, 0.2) is 0 Å². The Bertz CT molecular complexity index is 332. The minimum absolute atomic E-state index is 0.0862. The first kappa shape index (κ1) is 12.2. The smallest absolute Gasteiger partial charge is 0.410 e. The Morgan fingerprint density at radius 2 is 1.88 bits per heavy atom. The van der Waals surface area contributed by atoms with E-state index in [-0.39, 0.29) is 24.2 Å². The van der Waals surface area contributed by atoms with Crippen molar-refractivity contribution in [3.05, 3.63) is 11.4 Å². The Hall–Kier alpha value is -1.24. The number of amides is 1. The van der Waals surface area contributed by atoms with Crippen molar-refractivity contribution in [2.75, 3.05) is 6.61 Å². The summed E-state index contributed by atoms with van der Waals surface area (Å²) in [6.45, 7) is 13.8. The third-order valence-electron chi connectivity index (χ3n) is 4.45. The van der Waals surface area contributed by atoms with Crippen LogP contribution in [-0.4, -0.2) is 35.7 Å². The van der Waals surface area contributed by atoms with Gasteiger partial charge in [-0.3, -0.25) is 0 Å². The summed E-state index contributed by atoms with van der Waals surface area (Å²) in [7, 11) is 0. The second kappa shape index (κ2) is 4.56. The van der Waals surface area contributed by atoms with Crippen LogP contribution < -0.4 is 0 Å². The van der Waals surface area contributed by atoms with E-state index in [1.807, 2.05) is 11.8 Å². The predicted molar refractivity (Wildman–Crippen MR) is 64.4 cm³/mol. The van der Waals surface area contributed by atoms with Gasteiger partial charge >= 0.3 is 6.09 Å². The third-order valence-corrected chi connectivity index (χ3v) is 4.45. The lowest BCUT2D eigenvalue weighted by Crippen LogP contribution is -2.49. The van der Waals surface area contributed by atoms with Gasteiger partial charge in [0.05, 0.1) is 6.61 Å². The molecule has 0 aromatic heterocycles. The Kier molecular flexibility index (Phi) is 3.28. The zero-order valence-electron chi connectivity index (χ0n) is 10.7. The molecule has 17 heavy (non-hydrogen) atoms. The molecule has 0 aromatic carbocycles. The topological polar surface area (TPSA) is 33.9 Å². The highest BCUT2D eigenvalue weighted by molar-refractivity contribution is 5.69. The number of hydrogen-bond acceptors (Lipinski definition) is 2. The highest BCUT2D eigenvalue weighted by atomic mass is 16.6. The molecule has 2 heterocycles. The molecule has 2 rings (SSSR count). The van der Waals surface area contributed by atoms with Gasteiger partial charge in [-0.1, -0.05) is 13.8 Å². The van der Waals surface area contributed by atoms with E-state index in [9.17, 15) is 4.79 Å². The molecule has 0 spiro atoms. The van der Waals surface area contributed by atoms with E-state index in [1.165, 1.54) is 0 Å². The summed E-state index contributed by atoms with van der Waals surface area (Å²) >= 11 is 0. The van der Waals surface area contributed by atoms with Crippen LogP contribution in [0.25, 0.3) is 4.85 Å². The molecule has 2 saturated heterocycles. The fourth-order valence-corrected chi connectivity index (χ4v) is 3.34. The van der Waals surface area contributed by atoms with Crippen LogP contribution in [0, 0.1) is 18.4 Å². The second-order valence-electron chi connectivity index (χ2n) is 5.21. The maximum atomic E-state index is 12.0. The van der Waals surface area contributed by atoms with Gasteiger partial charge < -0.3 is 14.5 Å². The first-order chi connectivity index (χ1) is 8.10. The number of piperidine rings is 1. The average Bonchev–Trinajstić information content (AvgIpc) is 2.48. The molecule has 0 N–H and O–H groups in total. The first-order valence-corrected chi connectivity index (χ1v) is 6.41. The van der Waals surface area contributed by atoms with Crippen molar-refractivity contribution in [2.24, 2.45) is 11.8 Å². The molecule has 0 radical (unpaired) electrons. The number of hydrogen-bond donors (Lipinski definition) is 0. The second-order valence-corrected chi connectivity index (χ2v) is 5.21. The van der Waals surface area contributed by atoms with Crippen molar-refractivity contribution in [1.29, 1.82) is 0 Å². The van der Waals surface area contributed by atoms with Crippen molar-refractivity contribution in [3.63, 3.8) is 0 Å². The van der Waals surface area contributed by atoms with Gasteiger partial charge in [0.15, 0.2) is 0 Å². The monoisotopic (exact) mass is 236 g/mol. The Balaban J connectivity index is 2.20. The molecule has 0 aliphatic carbocycles. The van der Waals surface area contributed by atoms with Crippen LogP contribution in [0.1, 0.15) is 33.6 Å². The molecule has 2 bridgehead atoms. The number of carbonyl (C=O) groups excluding carboxylic acids is 1. The van der Waals surface area contributed by atoms with E-state index in [2.05, 4.69) is 18.7 Å². The highest BCUT2D eigenvalue weighted by Crippen LogP contribution is 2.44. The molecule has 2 fully saturated rings. The summed E-state index contributed by atoms with van der Waals surface area (Å²) in [5.41, 5.74) is 0. The number of ether oxygens (including phenoxy) is 1. The van der Waals surface area contributed by atoms with Crippen LogP contribution in [0.2, 0.25) is 0 Å². The molecule has 0 aromatic rings. The van der Waals surface area contributed by atoms with E-state index < -0.39 is 0 Å². The molecule has 0 saturated carbocycles. The number of rotatable bonds is 1. The van der Waals surface area contributed by atoms with Gasteiger partial charge in [0.25, 0.3) is 0 Å². The van der Waals surface area contributed by atoms with E-state index in [0.29, 0.717) is 18.4 Å². The molecule has 5 atom stereocenters. The van der Waals surface area contributed by atoms with Crippen LogP contribution >= 0.6 is 0 Å². The standard InChI is InChI=1S/C13H20N2O2/c1-5-17-13(16)15-11-6-10(14-4)7-12(15)9(3)8(11)2/h8-12H,5-7H2,1-3H3/t8-,9+,10?,11?,12?. The minimum Gasteiger partial charge on any atom is -0.450 e. The molecule has 3 unspecified atom stereocenters. The fourth-order valence-electron chi connectivity index (χ4n) is 3.34. The molecular weight excluding hydrogens is 216 g/mol. The zero-order valence-corrected chi connectivity index (χ0v) is 10.7. The summed E-state index contributed by atoms with van der Waals surface area (Å²) in [6.07, 6.45) is 1.43.